The summed E-state index contributed by atoms with van der Waals surface area (Å²) < 4.78 is 0. The molecule has 1 spiro atoms. The molecule has 4 saturated heterocycles. The quantitative estimate of drug-likeness (QED) is 0.505. The first kappa shape index (κ1) is 12.8. The second-order valence-corrected chi connectivity index (χ2v) is 8.13. The van der Waals surface area contributed by atoms with Crippen LogP contribution in [0.2, 0.25) is 0 Å². The zero-order chi connectivity index (χ0) is 15.5. The van der Waals surface area contributed by atoms with Gasteiger partial charge in [-0.1, -0.05) is 11.6 Å². The third-order valence-corrected chi connectivity index (χ3v) is 7.66. The molecule has 1 aromatic rings. The summed E-state index contributed by atoms with van der Waals surface area (Å²) in [4.78, 5) is 2.66. The number of allylic oxidation sites excluding steroid dienone is 1. The summed E-state index contributed by atoms with van der Waals surface area (Å²) in [6.45, 7) is 3.22. The summed E-state index contributed by atoms with van der Waals surface area (Å²) in [5.41, 5.74) is 3.58. The van der Waals surface area contributed by atoms with Gasteiger partial charge in [-0.05, 0) is 49.4 Å². The largest absolute Gasteiger partial charge is 0.508 e. The van der Waals surface area contributed by atoms with E-state index in [1.165, 1.54) is 5.57 Å². The van der Waals surface area contributed by atoms with Gasteiger partial charge in [-0.3, -0.25) is 4.90 Å². The van der Waals surface area contributed by atoms with Crippen LogP contribution in [0.1, 0.15) is 25.3 Å². The minimum absolute atomic E-state index is 0.206. The van der Waals surface area contributed by atoms with Crippen LogP contribution in [-0.2, 0) is 5.41 Å². The molecule has 23 heavy (non-hydrogen) atoms. The first-order valence-electron chi connectivity index (χ1n) is 8.84. The Kier molecular flexibility index (Phi) is 2.10. The SMILES string of the molecule is CC=C1CN2C3CC45c6cc(O)ccc6NC4C2CC1C3C5O. The van der Waals surface area contributed by atoms with Crippen molar-refractivity contribution in [2.45, 2.75) is 49.4 Å². The Labute approximate surface area is 135 Å². The Morgan fingerprint density at radius 1 is 1.35 bits per heavy atom. The normalized spacial score (nSPS) is 52.6. The number of nitrogens with zero attached hydrogens (tertiary/aromatic N) is 1. The number of piperidine rings is 4. The number of phenolic OH excluding ortho intramolecular Hbond substituents is 1. The Morgan fingerprint density at radius 3 is 3.04 bits per heavy atom. The number of aromatic hydroxyl groups is 1. The standard InChI is InChI=1S/C19H22N2O2/c1-2-9-8-21-14-6-11(9)16-15(21)7-19(18(16)23)12-5-10(22)3-4-13(12)20-17(14)19/h2-5,11,14-18,20,22-23H,6-8H2,1H3. The Bertz CT molecular complexity index is 760. The van der Waals surface area contributed by atoms with E-state index >= 15 is 0 Å². The third kappa shape index (κ3) is 1.20. The smallest absolute Gasteiger partial charge is 0.116 e. The fourth-order valence-corrected chi connectivity index (χ4v) is 6.90. The van der Waals surface area contributed by atoms with E-state index in [2.05, 4.69) is 23.2 Å². The van der Waals surface area contributed by atoms with Crippen molar-refractivity contribution in [3.05, 3.63) is 35.4 Å². The van der Waals surface area contributed by atoms with Crippen molar-refractivity contribution >= 4 is 5.69 Å². The van der Waals surface area contributed by atoms with E-state index in [1.807, 2.05) is 12.1 Å². The van der Waals surface area contributed by atoms with Gasteiger partial charge in [0.2, 0.25) is 0 Å². The van der Waals surface area contributed by atoms with Crippen LogP contribution in [0.3, 0.4) is 0 Å². The van der Waals surface area contributed by atoms with Gasteiger partial charge in [0, 0.05) is 35.6 Å². The number of nitrogens with one attached hydrogen (secondary N) is 1. The van der Waals surface area contributed by atoms with Gasteiger partial charge >= 0.3 is 0 Å². The molecule has 7 rings (SSSR count). The van der Waals surface area contributed by atoms with Crippen molar-refractivity contribution in [1.29, 1.82) is 0 Å². The van der Waals surface area contributed by atoms with Crippen LogP contribution in [0, 0.1) is 11.8 Å². The van der Waals surface area contributed by atoms with Crippen molar-refractivity contribution in [3.8, 4) is 5.75 Å². The van der Waals surface area contributed by atoms with Crippen molar-refractivity contribution in [1.82, 2.24) is 4.90 Å². The molecule has 0 amide bonds. The molecule has 1 saturated carbocycles. The molecule has 5 fully saturated rings. The number of hydrogen-bond donors (Lipinski definition) is 3. The van der Waals surface area contributed by atoms with Crippen LogP contribution in [0.25, 0.3) is 0 Å². The average Bonchev–Trinajstić information content (AvgIpc) is 3.01. The summed E-state index contributed by atoms with van der Waals surface area (Å²) in [6, 6.07) is 6.91. The number of aliphatic hydroxyl groups excluding tert-OH is 1. The van der Waals surface area contributed by atoms with E-state index in [9.17, 15) is 10.2 Å². The Balaban J connectivity index is 1.59. The molecular formula is C19H22N2O2. The molecule has 0 radical (unpaired) electrons. The van der Waals surface area contributed by atoms with Gasteiger partial charge in [0.25, 0.3) is 0 Å². The highest BCUT2D eigenvalue weighted by atomic mass is 16.3. The van der Waals surface area contributed by atoms with Gasteiger partial charge in [0.05, 0.1) is 12.1 Å². The summed E-state index contributed by atoms with van der Waals surface area (Å²) in [5, 5.41) is 25.2. The lowest BCUT2D eigenvalue weighted by molar-refractivity contribution is -0.0318. The maximum Gasteiger partial charge on any atom is 0.116 e. The number of benzene rings is 1. The van der Waals surface area contributed by atoms with Crippen LogP contribution in [-0.4, -0.2) is 45.9 Å². The van der Waals surface area contributed by atoms with Crippen LogP contribution in [0.4, 0.5) is 5.69 Å². The maximum absolute atomic E-state index is 11.4. The molecule has 5 bridgehead atoms. The number of fused-ring (bicyclic) bond motifs is 2. The van der Waals surface area contributed by atoms with Crippen molar-refractivity contribution in [3.63, 3.8) is 0 Å². The summed E-state index contributed by atoms with van der Waals surface area (Å²) >= 11 is 0. The molecular weight excluding hydrogens is 288 g/mol. The molecule has 0 aromatic heterocycles. The van der Waals surface area contributed by atoms with Gasteiger partial charge in [-0.25, -0.2) is 0 Å². The molecule has 1 aromatic carbocycles. The minimum Gasteiger partial charge on any atom is -0.508 e. The monoisotopic (exact) mass is 310 g/mol. The molecule has 1 aliphatic carbocycles. The summed E-state index contributed by atoms with van der Waals surface area (Å²) in [6.07, 6.45) is 4.15. The van der Waals surface area contributed by atoms with Crippen LogP contribution in [0.5, 0.6) is 5.75 Å². The molecule has 6 aliphatic rings. The molecule has 4 heteroatoms. The number of aliphatic hydroxyl groups is 1. The first-order valence-corrected chi connectivity index (χ1v) is 8.84. The zero-order valence-electron chi connectivity index (χ0n) is 13.2. The average molecular weight is 310 g/mol. The van der Waals surface area contributed by atoms with Gasteiger partial charge < -0.3 is 15.5 Å². The van der Waals surface area contributed by atoms with Crippen molar-refractivity contribution < 1.29 is 10.2 Å². The van der Waals surface area contributed by atoms with E-state index in [0.29, 0.717) is 29.7 Å². The minimum atomic E-state index is -0.316. The van der Waals surface area contributed by atoms with E-state index in [-0.39, 0.29) is 17.6 Å². The lowest BCUT2D eigenvalue weighted by atomic mass is 9.65. The fraction of sp³-hybridized carbons (Fsp3) is 0.579. The van der Waals surface area contributed by atoms with Crippen LogP contribution in [0.15, 0.2) is 29.8 Å². The Hall–Kier alpha value is -1.52. The fourth-order valence-electron chi connectivity index (χ4n) is 6.90. The number of hydrogen-bond acceptors (Lipinski definition) is 4. The molecule has 8 unspecified atom stereocenters. The van der Waals surface area contributed by atoms with Gasteiger partial charge in [-0.15, -0.1) is 0 Å². The molecule has 8 atom stereocenters. The van der Waals surface area contributed by atoms with E-state index in [0.717, 1.165) is 30.6 Å². The maximum atomic E-state index is 11.4. The number of rotatable bonds is 0. The summed E-state index contributed by atoms with van der Waals surface area (Å²) in [5.74, 6) is 1.21. The summed E-state index contributed by atoms with van der Waals surface area (Å²) in [7, 11) is 0. The van der Waals surface area contributed by atoms with Crippen molar-refractivity contribution in [2.24, 2.45) is 11.8 Å². The lowest BCUT2D eigenvalue weighted by Gasteiger charge is -2.57. The molecule has 4 nitrogen and oxygen atoms in total. The van der Waals surface area contributed by atoms with Crippen molar-refractivity contribution in [2.75, 3.05) is 11.9 Å². The Morgan fingerprint density at radius 2 is 2.22 bits per heavy atom. The zero-order valence-corrected chi connectivity index (χ0v) is 13.2. The van der Waals surface area contributed by atoms with E-state index in [1.54, 1.807) is 6.07 Å². The van der Waals surface area contributed by atoms with E-state index < -0.39 is 0 Å². The molecule has 5 aliphatic heterocycles. The second kappa shape index (κ2) is 3.76. The van der Waals surface area contributed by atoms with E-state index in [4.69, 9.17) is 0 Å². The lowest BCUT2D eigenvalue weighted by Crippen LogP contribution is -2.66. The number of anilines is 1. The topological polar surface area (TPSA) is 55.7 Å². The highest BCUT2D eigenvalue weighted by Gasteiger charge is 2.73. The van der Waals surface area contributed by atoms with Crippen LogP contribution >= 0.6 is 0 Å². The first-order chi connectivity index (χ1) is 11.1. The second-order valence-electron chi connectivity index (χ2n) is 8.13. The van der Waals surface area contributed by atoms with Gasteiger partial charge in [-0.2, -0.15) is 0 Å². The molecule has 3 N–H and O–H groups in total. The highest BCUT2D eigenvalue weighted by molar-refractivity contribution is 5.67. The van der Waals surface area contributed by atoms with Gasteiger partial charge in [0.1, 0.15) is 5.75 Å². The highest BCUT2D eigenvalue weighted by Crippen LogP contribution is 2.66. The third-order valence-electron chi connectivity index (χ3n) is 7.66. The van der Waals surface area contributed by atoms with Gasteiger partial charge in [0.15, 0.2) is 0 Å². The molecule has 120 valence electrons. The molecule has 5 heterocycles. The predicted octanol–water partition coefficient (Wildman–Crippen LogP) is 1.84. The number of phenols is 1. The predicted molar refractivity (Wildman–Crippen MR) is 87.5 cm³/mol. The van der Waals surface area contributed by atoms with Crippen LogP contribution < -0.4 is 5.32 Å².